The number of hydrogen-bond donors (Lipinski definition) is 1. The summed E-state index contributed by atoms with van der Waals surface area (Å²) >= 11 is 6.29. The minimum absolute atomic E-state index is 0.000454. The number of benzene rings is 2. The first kappa shape index (κ1) is 21.7. The van der Waals surface area contributed by atoms with Crippen molar-refractivity contribution >= 4 is 29.1 Å². The number of aliphatic hydroxyl groups is 1. The molecule has 30 heavy (non-hydrogen) atoms. The normalized spacial score (nSPS) is 18.0. The van der Waals surface area contributed by atoms with E-state index in [1.807, 2.05) is 6.92 Å². The molecule has 1 unspecified atom stereocenters. The Bertz CT molecular complexity index is 1000. The molecular formula is C23H24ClNO5. The van der Waals surface area contributed by atoms with Gasteiger partial charge in [0.15, 0.2) is 0 Å². The summed E-state index contributed by atoms with van der Waals surface area (Å²) in [5, 5.41) is 11.4. The molecule has 1 atom stereocenters. The molecule has 1 N–H and O–H groups in total. The fraction of sp³-hybridized carbons (Fsp3) is 0.304. The van der Waals surface area contributed by atoms with Crippen LogP contribution in [0.3, 0.4) is 0 Å². The van der Waals surface area contributed by atoms with Gasteiger partial charge < -0.3 is 19.5 Å². The molecule has 1 heterocycles. The summed E-state index contributed by atoms with van der Waals surface area (Å²) in [6.45, 7) is 2.40. The SMILES string of the molecule is CCCCN1C(=O)C(=O)/C(=C(/O)c2cc(OC)ccc2Cl)C1c1cccc(OC)c1. The molecule has 6 nitrogen and oxygen atoms in total. The van der Waals surface area contributed by atoms with Crippen molar-refractivity contribution in [3.63, 3.8) is 0 Å². The van der Waals surface area contributed by atoms with E-state index >= 15 is 0 Å². The number of amides is 1. The molecule has 2 aromatic rings. The standard InChI is InChI=1S/C23H24ClNO5/c1-4-5-11-25-20(14-7-6-8-15(12-14)29-2)19(22(27)23(25)28)21(26)17-13-16(30-3)9-10-18(17)24/h6-10,12-13,20,26H,4-5,11H2,1-3H3/b21-19+. The van der Waals surface area contributed by atoms with Crippen molar-refractivity contribution in [2.45, 2.75) is 25.8 Å². The zero-order valence-electron chi connectivity index (χ0n) is 17.1. The molecular weight excluding hydrogens is 406 g/mol. The maximum Gasteiger partial charge on any atom is 0.295 e. The maximum atomic E-state index is 13.0. The molecule has 158 valence electrons. The van der Waals surface area contributed by atoms with Crippen molar-refractivity contribution in [1.29, 1.82) is 0 Å². The lowest BCUT2D eigenvalue weighted by atomic mass is 9.95. The number of carbonyl (C=O) groups is 2. The number of unbranched alkanes of at least 4 members (excludes halogenated alkanes) is 1. The highest BCUT2D eigenvalue weighted by Crippen LogP contribution is 2.41. The van der Waals surface area contributed by atoms with Crippen LogP contribution in [0.15, 0.2) is 48.0 Å². The van der Waals surface area contributed by atoms with Crippen LogP contribution in [0.1, 0.15) is 36.9 Å². The largest absolute Gasteiger partial charge is 0.507 e. The molecule has 1 fully saturated rings. The van der Waals surface area contributed by atoms with E-state index in [1.54, 1.807) is 49.6 Å². The predicted octanol–water partition coefficient (Wildman–Crippen LogP) is 4.58. The zero-order valence-corrected chi connectivity index (χ0v) is 17.9. The monoisotopic (exact) mass is 429 g/mol. The fourth-order valence-electron chi connectivity index (χ4n) is 3.56. The first-order valence-electron chi connectivity index (χ1n) is 9.69. The number of aliphatic hydroxyl groups excluding tert-OH is 1. The fourth-order valence-corrected chi connectivity index (χ4v) is 3.76. The van der Waals surface area contributed by atoms with Crippen LogP contribution >= 0.6 is 11.6 Å². The number of likely N-dealkylation sites (tertiary alicyclic amines) is 1. The molecule has 1 aliphatic rings. The van der Waals surface area contributed by atoms with Gasteiger partial charge in [-0.2, -0.15) is 0 Å². The van der Waals surface area contributed by atoms with Crippen LogP contribution in [-0.2, 0) is 9.59 Å². The highest BCUT2D eigenvalue weighted by Gasteiger charge is 2.46. The highest BCUT2D eigenvalue weighted by atomic mass is 35.5. The van der Waals surface area contributed by atoms with E-state index < -0.39 is 17.7 Å². The minimum Gasteiger partial charge on any atom is -0.507 e. The van der Waals surface area contributed by atoms with E-state index in [4.69, 9.17) is 21.1 Å². The molecule has 1 amide bonds. The van der Waals surface area contributed by atoms with Crippen molar-refractivity contribution in [1.82, 2.24) is 4.90 Å². The number of Topliss-reactive ketones (excluding diaryl/α,β-unsaturated/α-hetero) is 1. The van der Waals surface area contributed by atoms with E-state index in [9.17, 15) is 14.7 Å². The van der Waals surface area contributed by atoms with E-state index in [1.165, 1.54) is 12.0 Å². The van der Waals surface area contributed by atoms with Gasteiger partial charge in [-0.15, -0.1) is 0 Å². The van der Waals surface area contributed by atoms with Gasteiger partial charge in [-0.05, 0) is 42.3 Å². The third kappa shape index (κ3) is 4.00. The lowest BCUT2D eigenvalue weighted by Gasteiger charge is -2.25. The Labute approximate surface area is 180 Å². The van der Waals surface area contributed by atoms with E-state index in [-0.39, 0.29) is 21.9 Å². The Morgan fingerprint density at radius 1 is 1.10 bits per heavy atom. The van der Waals surface area contributed by atoms with Crippen molar-refractivity contribution in [3.8, 4) is 11.5 Å². The van der Waals surface area contributed by atoms with Crippen LogP contribution in [0.25, 0.3) is 5.76 Å². The van der Waals surface area contributed by atoms with Crippen molar-refractivity contribution in [2.24, 2.45) is 0 Å². The van der Waals surface area contributed by atoms with Gasteiger partial charge in [-0.25, -0.2) is 0 Å². The van der Waals surface area contributed by atoms with E-state index in [0.29, 0.717) is 23.6 Å². The first-order chi connectivity index (χ1) is 14.4. The second kappa shape index (κ2) is 9.22. The lowest BCUT2D eigenvalue weighted by Crippen LogP contribution is -2.30. The van der Waals surface area contributed by atoms with Gasteiger partial charge in [0.1, 0.15) is 17.3 Å². The summed E-state index contributed by atoms with van der Waals surface area (Å²) < 4.78 is 10.5. The summed E-state index contributed by atoms with van der Waals surface area (Å²) in [7, 11) is 3.04. The molecule has 0 saturated carbocycles. The van der Waals surface area contributed by atoms with Gasteiger partial charge in [-0.3, -0.25) is 9.59 Å². The summed E-state index contributed by atoms with van der Waals surface area (Å²) in [5.74, 6) is -0.650. The van der Waals surface area contributed by atoms with Crippen molar-refractivity contribution in [2.75, 3.05) is 20.8 Å². The van der Waals surface area contributed by atoms with Crippen LogP contribution in [0, 0.1) is 0 Å². The van der Waals surface area contributed by atoms with Crippen molar-refractivity contribution < 1.29 is 24.2 Å². The van der Waals surface area contributed by atoms with Gasteiger partial charge >= 0.3 is 0 Å². The highest BCUT2D eigenvalue weighted by molar-refractivity contribution is 6.47. The number of nitrogens with zero attached hydrogens (tertiary/aromatic N) is 1. The Morgan fingerprint density at radius 2 is 1.80 bits per heavy atom. The average Bonchev–Trinajstić information content (AvgIpc) is 3.02. The maximum absolute atomic E-state index is 13.0. The lowest BCUT2D eigenvalue weighted by molar-refractivity contribution is -0.139. The molecule has 1 saturated heterocycles. The summed E-state index contributed by atoms with van der Waals surface area (Å²) in [4.78, 5) is 27.3. The third-order valence-electron chi connectivity index (χ3n) is 5.13. The Kier molecular flexibility index (Phi) is 6.67. The van der Waals surface area contributed by atoms with Crippen molar-refractivity contribution in [3.05, 3.63) is 64.2 Å². The van der Waals surface area contributed by atoms with Crippen LogP contribution < -0.4 is 9.47 Å². The Morgan fingerprint density at radius 3 is 2.47 bits per heavy atom. The molecule has 0 radical (unpaired) electrons. The average molecular weight is 430 g/mol. The van der Waals surface area contributed by atoms with Gasteiger partial charge in [0.05, 0.1) is 30.9 Å². The van der Waals surface area contributed by atoms with Crippen LogP contribution in [0.4, 0.5) is 0 Å². The number of carbonyl (C=O) groups excluding carboxylic acids is 2. The molecule has 1 aliphatic heterocycles. The summed E-state index contributed by atoms with van der Waals surface area (Å²) in [6.07, 6.45) is 1.59. The van der Waals surface area contributed by atoms with Crippen LogP contribution in [0.2, 0.25) is 5.02 Å². The number of hydrogen-bond acceptors (Lipinski definition) is 5. The first-order valence-corrected chi connectivity index (χ1v) is 10.1. The number of ether oxygens (including phenoxy) is 2. The van der Waals surface area contributed by atoms with E-state index in [0.717, 1.165) is 12.8 Å². The second-order valence-corrected chi connectivity index (χ2v) is 7.38. The van der Waals surface area contributed by atoms with Gasteiger partial charge in [0.2, 0.25) is 0 Å². The Hall–Kier alpha value is -2.99. The molecule has 3 rings (SSSR count). The van der Waals surface area contributed by atoms with E-state index in [2.05, 4.69) is 0 Å². The second-order valence-electron chi connectivity index (χ2n) is 6.97. The number of methoxy groups -OCH3 is 2. The number of ketones is 1. The van der Waals surface area contributed by atoms with Gasteiger partial charge in [0.25, 0.3) is 11.7 Å². The van der Waals surface area contributed by atoms with Crippen LogP contribution in [0.5, 0.6) is 11.5 Å². The quantitative estimate of drug-likeness (QED) is 0.396. The molecule has 0 aliphatic carbocycles. The Balaban J connectivity index is 2.22. The minimum atomic E-state index is -0.742. The molecule has 2 aromatic carbocycles. The molecule has 0 bridgehead atoms. The summed E-state index contributed by atoms with van der Waals surface area (Å²) in [6, 6.07) is 11.2. The molecule has 0 spiro atoms. The number of rotatable bonds is 7. The van der Waals surface area contributed by atoms with Crippen LogP contribution in [-0.4, -0.2) is 42.5 Å². The smallest absolute Gasteiger partial charge is 0.295 e. The third-order valence-corrected chi connectivity index (χ3v) is 5.46. The topological polar surface area (TPSA) is 76.1 Å². The molecule has 0 aromatic heterocycles. The number of halogens is 1. The summed E-state index contributed by atoms with van der Waals surface area (Å²) in [5.41, 5.74) is 0.905. The zero-order chi connectivity index (χ0) is 21.8. The van der Waals surface area contributed by atoms with Gasteiger partial charge in [0, 0.05) is 12.1 Å². The predicted molar refractivity (Wildman–Crippen MR) is 115 cm³/mol. The van der Waals surface area contributed by atoms with Gasteiger partial charge in [-0.1, -0.05) is 37.1 Å². The molecule has 7 heteroatoms.